The van der Waals surface area contributed by atoms with Crippen LogP contribution < -0.4 is 5.32 Å². The van der Waals surface area contributed by atoms with Gasteiger partial charge in [0.25, 0.3) is 0 Å². The highest BCUT2D eigenvalue weighted by Crippen LogP contribution is 2.55. The summed E-state index contributed by atoms with van der Waals surface area (Å²) >= 11 is 0. The highest BCUT2D eigenvalue weighted by atomic mass is 16.2. The van der Waals surface area contributed by atoms with Crippen molar-refractivity contribution in [2.45, 2.75) is 69.5 Å². The van der Waals surface area contributed by atoms with Crippen LogP contribution in [0, 0.1) is 17.8 Å². The third-order valence-electron chi connectivity index (χ3n) is 7.31. The summed E-state index contributed by atoms with van der Waals surface area (Å²) in [5, 5.41) is 3.45. The highest BCUT2D eigenvalue weighted by molar-refractivity contribution is 5.86. The van der Waals surface area contributed by atoms with Crippen molar-refractivity contribution in [3.63, 3.8) is 0 Å². The lowest BCUT2D eigenvalue weighted by Crippen LogP contribution is -2.62. The van der Waals surface area contributed by atoms with Crippen LogP contribution in [0.2, 0.25) is 0 Å². The molecule has 5 nitrogen and oxygen atoms in total. The van der Waals surface area contributed by atoms with E-state index >= 15 is 0 Å². The van der Waals surface area contributed by atoms with Gasteiger partial charge in [-0.25, -0.2) is 0 Å². The molecular formula is C19H31N3O2. The minimum atomic E-state index is -0.251. The summed E-state index contributed by atoms with van der Waals surface area (Å²) in [6.07, 6.45) is 8.49. The fourth-order valence-electron chi connectivity index (χ4n) is 6.27. The van der Waals surface area contributed by atoms with E-state index in [1.54, 1.807) is 4.90 Å². The van der Waals surface area contributed by atoms with Gasteiger partial charge in [-0.3, -0.25) is 14.5 Å². The van der Waals surface area contributed by atoms with Crippen LogP contribution in [0.4, 0.5) is 0 Å². The second-order valence-corrected chi connectivity index (χ2v) is 9.09. The Morgan fingerprint density at radius 2 is 1.75 bits per heavy atom. The third kappa shape index (κ3) is 2.65. The van der Waals surface area contributed by atoms with Crippen LogP contribution in [0.1, 0.15) is 51.9 Å². The van der Waals surface area contributed by atoms with Gasteiger partial charge in [0.2, 0.25) is 11.8 Å². The van der Waals surface area contributed by atoms with Crippen molar-refractivity contribution < 1.29 is 9.59 Å². The van der Waals surface area contributed by atoms with Crippen molar-refractivity contribution in [3.05, 3.63) is 0 Å². The summed E-state index contributed by atoms with van der Waals surface area (Å²) in [5.74, 6) is 2.74. The maximum absolute atomic E-state index is 12.9. The molecule has 0 spiro atoms. The molecule has 2 amide bonds. The van der Waals surface area contributed by atoms with Crippen molar-refractivity contribution in [3.8, 4) is 0 Å². The smallest absolute Gasteiger partial charge is 0.239 e. The molecule has 5 heteroatoms. The molecule has 1 aliphatic heterocycles. The van der Waals surface area contributed by atoms with Gasteiger partial charge in [0.15, 0.2) is 0 Å². The summed E-state index contributed by atoms with van der Waals surface area (Å²) < 4.78 is 0. The van der Waals surface area contributed by atoms with Gasteiger partial charge >= 0.3 is 0 Å². The van der Waals surface area contributed by atoms with Crippen molar-refractivity contribution in [1.29, 1.82) is 0 Å². The van der Waals surface area contributed by atoms with E-state index in [2.05, 4.69) is 5.32 Å². The molecule has 0 aromatic carbocycles. The molecular weight excluding hydrogens is 302 g/mol. The van der Waals surface area contributed by atoms with E-state index in [9.17, 15) is 9.59 Å². The average Bonchev–Trinajstić information content (AvgIpc) is 2.83. The molecule has 5 aliphatic rings. The number of rotatable bonds is 4. The topological polar surface area (TPSA) is 52.7 Å². The zero-order valence-electron chi connectivity index (χ0n) is 15.3. The lowest BCUT2D eigenvalue weighted by Gasteiger charge is -2.57. The van der Waals surface area contributed by atoms with E-state index in [-0.39, 0.29) is 29.4 Å². The summed E-state index contributed by atoms with van der Waals surface area (Å²) in [5.41, 5.74) is 0.0530. The standard InChI is InChI=1S/C19H31N3O2/c1-12(22(3)16-4-5-21(2)18(16)24)17(23)20-19-9-13-6-14(10-19)8-15(7-13)11-19/h12-16H,4-11H2,1-3H3,(H,20,23). The molecule has 24 heavy (non-hydrogen) atoms. The Balaban J connectivity index is 1.41. The second kappa shape index (κ2) is 5.72. The number of nitrogens with zero attached hydrogens (tertiary/aromatic N) is 2. The number of hydrogen-bond acceptors (Lipinski definition) is 3. The number of hydrogen-bond donors (Lipinski definition) is 1. The van der Waals surface area contributed by atoms with E-state index in [1.165, 1.54) is 38.5 Å². The molecule has 1 N–H and O–H groups in total. The molecule has 4 saturated carbocycles. The molecule has 1 saturated heterocycles. The van der Waals surface area contributed by atoms with E-state index in [0.717, 1.165) is 30.7 Å². The minimum Gasteiger partial charge on any atom is -0.349 e. The summed E-state index contributed by atoms with van der Waals surface area (Å²) in [6, 6.07) is -0.398. The molecule has 5 fully saturated rings. The number of likely N-dealkylation sites (N-methyl/N-ethyl adjacent to an activating group) is 2. The van der Waals surface area contributed by atoms with Crippen LogP contribution in [0.5, 0.6) is 0 Å². The molecule has 1 heterocycles. The Labute approximate surface area is 145 Å². The predicted octanol–water partition coefficient (Wildman–Crippen LogP) is 1.62. The maximum Gasteiger partial charge on any atom is 0.239 e. The molecule has 0 radical (unpaired) electrons. The predicted molar refractivity (Wildman–Crippen MR) is 92.3 cm³/mol. The van der Waals surface area contributed by atoms with E-state index < -0.39 is 0 Å². The molecule has 0 aromatic rings. The van der Waals surface area contributed by atoms with Gasteiger partial charge in [0.05, 0.1) is 12.1 Å². The highest BCUT2D eigenvalue weighted by Gasteiger charge is 2.52. The first-order chi connectivity index (χ1) is 11.4. The monoisotopic (exact) mass is 333 g/mol. The molecule has 2 atom stereocenters. The van der Waals surface area contributed by atoms with Crippen LogP contribution in [-0.2, 0) is 9.59 Å². The Morgan fingerprint density at radius 3 is 2.21 bits per heavy atom. The largest absolute Gasteiger partial charge is 0.349 e. The lowest BCUT2D eigenvalue weighted by atomic mass is 9.53. The van der Waals surface area contributed by atoms with Gasteiger partial charge in [0, 0.05) is 19.1 Å². The van der Waals surface area contributed by atoms with E-state index in [4.69, 9.17) is 0 Å². The lowest BCUT2D eigenvalue weighted by molar-refractivity contribution is -0.135. The Hall–Kier alpha value is -1.10. The van der Waals surface area contributed by atoms with Gasteiger partial charge in [-0.2, -0.15) is 0 Å². The number of carbonyl (C=O) groups is 2. The van der Waals surface area contributed by atoms with Crippen LogP contribution in [0.25, 0.3) is 0 Å². The first-order valence-corrected chi connectivity index (χ1v) is 9.66. The van der Waals surface area contributed by atoms with Crippen LogP contribution in [0.3, 0.4) is 0 Å². The van der Waals surface area contributed by atoms with Crippen molar-refractivity contribution in [1.82, 2.24) is 15.1 Å². The second-order valence-electron chi connectivity index (χ2n) is 9.09. The number of nitrogens with one attached hydrogen (secondary N) is 1. The first kappa shape index (κ1) is 16.4. The van der Waals surface area contributed by atoms with E-state index in [1.807, 2.05) is 25.9 Å². The number of likely N-dealkylation sites (tertiary alicyclic amines) is 1. The molecule has 0 aromatic heterocycles. The summed E-state index contributed by atoms with van der Waals surface area (Å²) in [7, 11) is 3.77. The zero-order valence-corrected chi connectivity index (χ0v) is 15.3. The van der Waals surface area contributed by atoms with Gasteiger partial charge in [0.1, 0.15) is 0 Å². The molecule has 5 rings (SSSR count). The minimum absolute atomic E-state index is 0.0530. The SMILES string of the molecule is CC(C(=O)NC12CC3CC(CC(C3)C1)C2)N(C)C1CCN(C)C1=O. The van der Waals surface area contributed by atoms with Crippen LogP contribution in [0.15, 0.2) is 0 Å². The summed E-state index contributed by atoms with van der Waals surface area (Å²) in [6.45, 7) is 2.73. The van der Waals surface area contributed by atoms with Gasteiger partial charge in [-0.1, -0.05) is 0 Å². The third-order valence-corrected chi connectivity index (χ3v) is 7.31. The van der Waals surface area contributed by atoms with Crippen molar-refractivity contribution in [2.75, 3.05) is 20.6 Å². The Morgan fingerprint density at radius 1 is 1.21 bits per heavy atom. The van der Waals surface area contributed by atoms with Crippen molar-refractivity contribution >= 4 is 11.8 Å². The normalized spacial score (nSPS) is 42.0. The van der Waals surface area contributed by atoms with Crippen molar-refractivity contribution in [2.24, 2.45) is 17.8 Å². The Kier molecular flexibility index (Phi) is 3.90. The van der Waals surface area contributed by atoms with Gasteiger partial charge in [-0.05, 0) is 76.7 Å². The molecule has 4 bridgehead atoms. The quantitative estimate of drug-likeness (QED) is 0.851. The zero-order chi connectivity index (χ0) is 17.1. The fourth-order valence-corrected chi connectivity index (χ4v) is 6.27. The van der Waals surface area contributed by atoms with Crippen LogP contribution >= 0.6 is 0 Å². The summed E-state index contributed by atoms with van der Waals surface area (Å²) in [4.78, 5) is 28.9. The number of carbonyl (C=O) groups excluding carboxylic acids is 2. The number of amides is 2. The maximum atomic E-state index is 12.9. The molecule has 2 unspecified atom stereocenters. The Bertz CT molecular complexity index is 511. The molecule has 4 aliphatic carbocycles. The van der Waals surface area contributed by atoms with Crippen LogP contribution in [-0.4, -0.2) is 59.9 Å². The van der Waals surface area contributed by atoms with Gasteiger partial charge in [-0.15, -0.1) is 0 Å². The first-order valence-electron chi connectivity index (χ1n) is 9.66. The van der Waals surface area contributed by atoms with Gasteiger partial charge < -0.3 is 10.2 Å². The average molecular weight is 333 g/mol. The fraction of sp³-hybridized carbons (Fsp3) is 0.895. The molecule has 134 valence electrons. The van der Waals surface area contributed by atoms with E-state index in [0.29, 0.717) is 0 Å².